The maximum Gasteiger partial charge on any atom is 0.336 e. The number of para-hydroxylation sites is 1. The Hall–Kier alpha value is -2.55. The van der Waals surface area contributed by atoms with E-state index < -0.39 is 5.97 Å². The SMILES string of the molecule is CCOc1ccc(C=CC(=O)Oc2ccccc2C)cc1. The summed E-state index contributed by atoms with van der Waals surface area (Å²) in [5.74, 6) is 1.01. The first-order chi connectivity index (χ1) is 10.2. The molecule has 0 bridgehead atoms. The van der Waals surface area contributed by atoms with Crippen LogP contribution in [-0.4, -0.2) is 12.6 Å². The molecule has 2 rings (SSSR count). The zero-order chi connectivity index (χ0) is 15.1. The zero-order valence-electron chi connectivity index (χ0n) is 12.2. The van der Waals surface area contributed by atoms with Crippen LogP contribution in [0.3, 0.4) is 0 Å². The van der Waals surface area contributed by atoms with Gasteiger partial charge in [0.25, 0.3) is 0 Å². The first kappa shape index (κ1) is 14.9. The molecule has 0 heterocycles. The fraction of sp³-hybridized carbons (Fsp3) is 0.167. The average molecular weight is 282 g/mol. The van der Waals surface area contributed by atoms with Gasteiger partial charge in [0.15, 0.2) is 0 Å². The molecule has 0 fully saturated rings. The minimum atomic E-state index is -0.391. The van der Waals surface area contributed by atoms with Crippen LogP contribution >= 0.6 is 0 Å². The third-order valence-electron chi connectivity index (χ3n) is 2.91. The summed E-state index contributed by atoms with van der Waals surface area (Å²) >= 11 is 0. The zero-order valence-corrected chi connectivity index (χ0v) is 12.2. The van der Waals surface area contributed by atoms with Crippen molar-refractivity contribution >= 4 is 12.0 Å². The molecule has 0 N–H and O–H groups in total. The Morgan fingerprint density at radius 2 is 1.81 bits per heavy atom. The van der Waals surface area contributed by atoms with Gasteiger partial charge in [0.2, 0.25) is 0 Å². The normalized spacial score (nSPS) is 10.6. The Kier molecular flexibility index (Phi) is 5.16. The number of carbonyl (C=O) groups is 1. The first-order valence-electron chi connectivity index (χ1n) is 6.87. The van der Waals surface area contributed by atoms with Crippen LogP contribution in [-0.2, 0) is 4.79 Å². The van der Waals surface area contributed by atoms with E-state index in [1.807, 2.05) is 56.3 Å². The molecule has 0 aromatic heterocycles. The fourth-order valence-corrected chi connectivity index (χ4v) is 1.82. The molecule has 3 nitrogen and oxygen atoms in total. The van der Waals surface area contributed by atoms with Gasteiger partial charge in [-0.15, -0.1) is 0 Å². The first-order valence-corrected chi connectivity index (χ1v) is 6.87. The van der Waals surface area contributed by atoms with Crippen molar-refractivity contribution in [3.63, 3.8) is 0 Å². The number of esters is 1. The van der Waals surface area contributed by atoms with E-state index in [4.69, 9.17) is 9.47 Å². The van der Waals surface area contributed by atoms with Gasteiger partial charge in [-0.3, -0.25) is 0 Å². The third kappa shape index (κ3) is 4.49. The molecule has 2 aromatic carbocycles. The summed E-state index contributed by atoms with van der Waals surface area (Å²) in [6.07, 6.45) is 3.14. The van der Waals surface area contributed by atoms with E-state index in [9.17, 15) is 4.79 Å². The van der Waals surface area contributed by atoms with Crippen molar-refractivity contribution in [1.82, 2.24) is 0 Å². The quantitative estimate of drug-likeness (QED) is 0.472. The Bertz CT molecular complexity index is 627. The Balaban J connectivity index is 1.97. The van der Waals surface area contributed by atoms with Crippen molar-refractivity contribution in [2.75, 3.05) is 6.61 Å². The summed E-state index contributed by atoms with van der Waals surface area (Å²) in [6, 6.07) is 14.9. The molecule has 3 heteroatoms. The van der Waals surface area contributed by atoms with Crippen LogP contribution in [0.4, 0.5) is 0 Å². The molecule has 0 unspecified atom stereocenters. The van der Waals surface area contributed by atoms with Crippen molar-refractivity contribution in [1.29, 1.82) is 0 Å². The van der Waals surface area contributed by atoms with E-state index in [2.05, 4.69) is 0 Å². The van der Waals surface area contributed by atoms with Crippen molar-refractivity contribution in [3.05, 3.63) is 65.7 Å². The number of rotatable bonds is 5. The monoisotopic (exact) mass is 282 g/mol. The van der Waals surface area contributed by atoms with E-state index in [1.165, 1.54) is 6.08 Å². The van der Waals surface area contributed by atoms with Gasteiger partial charge in [0, 0.05) is 6.08 Å². The average Bonchev–Trinajstić information content (AvgIpc) is 2.49. The second-order valence-corrected chi connectivity index (χ2v) is 4.52. The maximum absolute atomic E-state index is 11.8. The summed E-state index contributed by atoms with van der Waals surface area (Å²) in [5, 5.41) is 0. The summed E-state index contributed by atoms with van der Waals surface area (Å²) in [7, 11) is 0. The molecule has 0 saturated heterocycles. The third-order valence-corrected chi connectivity index (χ3v) is 2.91. The molecule has 0 atom stereocenters. The molecule has 0 radical (unpaired) electrons. The molecule has 2 aromatic rings. The van der Waals surface area contributed by atoms with Crippen LogP contribution in [0.5, 0.6) is 11.5 Å². The largest absolute Gasteiger partial charge is 0.494 e. The van der Waals surface area contributed by atoms with E-state index in [-0.39, 0.29) is 0 Å². The lowest BCUT2D eigenvalue weighted by molar-refractivity contribution is -0.128. The van der Waals surface area contributed by atoms with Crippen molar-refractivity contribution < 1.29 is 14.3 Å². The van der Waals surface area contributed by atoms with Gasteiger partial charge in [0.1, 0.15) is 11.5 Å². The molecule has 0 saturated carbocycles. The van der Waals surface area contributed by atoms with Gasteiger partial charge in [-0.2, -0.15) is 0 Å². The Labute approximate surface area is 124 Å². The second-order valence-electron chi connectivity index (χ2n) is 4.52. The van der Waals surface area contributed by atoms with Gasteiger partial charge >= 0.3 is 5.97 Å². The Morgan fingerprint density at radius 3 is 2.48 bits per heavy atom. The van der Waals surface area contributed by atoms with Gasteiger partial charge in [0.05, 0.1) is 6.61 Å². The number of hydrogen-bond acceptors (Lipinski definition) is 3. The highest BCUT2D eigenvalue weighted by molar-refractivity contribution is 5.88. The van der Waals surface area contributed by atoms with Crippen LogP contribution in [0.1, 0.15) is 18.1 Å². The number of ether oxygens (including phenoxy) is 2. The molecule has 0 aliphatic rings. The molecular formula is C18H18O3. The van der Waals surface area contributed by atoms with Crippen LogP contribution in [0.25, 0.3) is 6.08 Å². The lowest BCUT2D eigenvalue weighted by Gasteiger charge is -2.04. The minimum absolute atomic E-state index is 0.391. The summed E-state index contributed by atoms with van der Waals surface area (Å²) < 4.78 is 10.6. The molecule has 108 valence electrons. The molecular weight excluding hydrogens is 264 g/mol. The van der Waals surface area contributed by atoms with Crippen LogP contribution in [0, 0.1) is 6.92 Å². The molecule has 0 aliphatic heterocycles. The summed E-state index contributed by atoms with van der Waals surface area (Å²) in [4.78, 5) is 11.8. The van der Waals surface area contributed by atoms with Crippen LogP contribution in [0.15, 0.2) is 54.6 Å². The van der Waals surface area contributed by atoms with Gasteiger partial charge < -0.3 is 9.47 Å². The van der Waals surface area contributed by atoms with E-state index in [0.29, 0.717) is 12.4 Å². The van der Waals surface area contributed by atoms with E-state index >= 15 is 0 Å². The maximum atomic E-state index is 11.8. The smallest absolute Gasteiger partial charge is 0.336 e. The van der Waals surface area contributed by atoms with Crippen molar-refractivity contribution in [2.24, 2.45) is 0 Å². The van der Waals surface area contributed by atoms with E-state index in [1.54, 1.807) is 12.1 Å². The highest BCUT2D eigenvalue weighted by Crippen LogP contribution is 2.17. The fourth-order valence-electron chi connectivity index (χ4n) is 1.82. The van der Waals surface area contributed by atoms with Crippen molar-refractivity contribution in [3.8, 4) is 11.5 Å². The lowest BCUT2D eigenvalue weighted by Crippen LogP contribution is -2.04. The second kappa shape index (κ2) is 7.29. The van der Waals surface area contributed by atoms with Gasteiger partial charge in [-0.25, -0.2) is 4.79 Å². The van der Waals surface area contributed by atoms with Gasteiger partial charge in [-0.1, -0.05) is 30.3 Å². The molecule has 0 aliphatic carbocycles. The number of carbonyl (C=O) groups excluding carboxylic acids is 1. The minimum Gasteiger partial charge on any atom is -0.494 e. The highest BCUT2D eigenvalue weighted by Gasteiger charge is 2.02. The number of benzene rings is 2. The van der Waals surface area contributed by atoms with Gasteiger partial charge in [-0.05, 0) is 49.2 Å². The standard InChI is InChI=1S/C18H18O3/c1-3-20-16-11-8-15(9-12-16)10-13-18(19)21-17-7-5-4-6-14(17)2/h4-13H,3H2,1-2H3. The predicted octanol–water partition coefficient (Wildman–Crippen LogP) is 4.01. The summed E-state index contributed by atoms with van der Waals surface area (Å²) in [5.41, 5.74) is 1.85. The molecule has 21 heavy (non-hydrogen) atoms. The number of hydrogen-bond donors (Lipinski definition) is 0. The van der Waals surface area contributed by atoms with Crippen molar-refractivity contribution in [2.45, 2.75) is 13.8 Å². The highest BCUT2D eigenvalue weighted by atomic mass is 16.5. The molecule has 0 spiro atoms. The summed E-state index contributed by atoms with van der Waals surface area (Å²) in [6.45, 7) is 4.48. The predicted molar refractivity (Wildman–Crippen MR) is 83.5 cm³/mol. The van der Waals surface area contributed by atoms with Crippen LogP contribution in [0.2, 0.25) is 0 Å². The Morgan fingerprint density at radius 1 is 1.10 bits per heavy atom. The lowest BCUT2D eigenvalue weighted by atomic mass is 10.2. The topological polar surface area (TPSA) is 35.5 Å². The van der Waals surface area contributed by atoms with E-state index in [0.717, 1.165) is 16.9 Å². The number of aryl methyl sites for hydroxylation is 1. The molecule has 0 amide bonds. The van der Waals surface area contributed by atoms with Crippen LogP contribution < -0.4 is 9.47 Å².